The van der Waals surface area contributed by atoms with E-state index < -0.39 is 0 Å². The molecule has 3 aliphatic rings. The fraction of sp³-hybridized carbons (Fsp3) is 0.519. The van der Waals surface area contributed by atoms with Crippen molar-refractivity contribution in [2.45, 2.75) is 45.1 Å². The second-order valence-electron chi connectivity index (χ2n) is 9.61. The number of fused-ring (bicyclic) bond motifs is 4. The summed E-state index contributed by atoms with van der Waals surface area (Å²) >= 11 is 0. The third-order valence-electron chi connectivity index (χ3n) is 7.95. The van der Waals surface area contributed by atoms with Gasteiger partial charge in [-0.05, 0) is 78.5 Å². The Morgan fingerprint density at radius 1 is 0.970 bits per heavy atom. The van der Waals surface area contributed by atoms with Gasteiger partial charge >= 0.3 is 0 Å². The molecule has 3 atom stereocenters. The van der Waals surface area contributed by atoms with Crippen molar-refractivity contribution in [3.05, 3.63) is 46.5 Å². The van der Waals surface area contributed by atoms with E-state index in [1.807, 2.05) is 24.3 Å². The predicted molar refractivity (Wildman–Crippen MR) is 129 cm³/mol. The van der Waals surface area contributed by atoms with Crippen LogP contribution >= 0.6 is 0 Å². The van der Waals surface area contributed by atoms with E-state index >= 15 is 0 Å². The van der Waals surface area contributed by atoms with E-state index in [9.17, 15) is 10.2 Å². The van der Waals surface area contributed by atoms with Gasteiger partial charge in [-0.3, -0.25) is 9.89 Å². The molecule has 6 heteroatoms. The lowest BCUT2D eigenvalue weighted by Gasteiger charge is -2.47. The maximum absolute atomic E-state index is 10.5. The fourth-order valence-corrected chi connectivity index (χ4v) is 6.14. The number of ether oxygens (including phenoxy) is 2. The zero-order valence-electron chi connectivity index (χ0n) is 19.8. The Morgan fingerprint density at radius 3 is 2.48 bits per heavy atom. The Hall–Kier alpha value is -2.73. The molecule has 1 fully saturated rings. The van der Waals surface area contributed by atoms with Crippen LogP contribution in [0.1, 0.15) is 54.5 Å². The van der Waals surface area contributed by atoms with Crippen LogP contribution in [-0.4, -0.2) is 54.7 Å². The summed E-state index contributed by atoms with van der Waals surface area (Å²) in [7, 11) is 3.20. The summed E-state index contributed by atoms with van der Waals surface area (Å²) in [5.74, 6) is 2.62. The molecular weight excluding hydrogens is 416 g/mol. The number of phenols is 2. The Kier molecular flexibility index (Phi) is 5.95. The molecule has 2 N–H and O–H groups in total. The van der Waals surface area contributed by atoms with E-state index in [0.29, 0.717) is 29.4 Å². The van der Waals surface area contributed by atoms with Crippen molar-refractivity contribution in [2.24, 2.45) is 16.8 Å². The van der Waals surface area contributed by atoms with E-state index in [-0.39, 0.29) is 11.5 Å². The summed E-state index contributed by atoms with van der Waals surface area (Å²) in [6, 6.07) is 8.06. The number of hydrogen-bond acceptors (Lipinski definition) is 6. The third kappa shape index (κ3) is 3.95. The number of piperidine rings is 1. The van der Waals surface area contributed by atoms with Gasteiger partial charge in [0.2, 0.25) is 0 Å². The van der Waals surface area contributed by atoms with E-state index in [1.54, 1.807) is 14.2 Å². The number of phenolic OH excluding ortho intramolecular Hbond substituents is 2. The third-order valence-corrected chi connectivity index (χ3v) is 7.95. The molecule has 6 nitrogen and oxygen atoms in total. The van der Waals surface area contributed by atoms with Gasteiger partial charge < -0.3 is 19.7 Å². The highest BCUT2D eigenvalue weighted by molar-refractivity contribution is 6.03. The largest absolute Gasteiger partial charge is 0.504 e. The smallest absolute Gasteiger partial charge is 0.161 e. The average molecular weight is 451 g/mol. The van der Waals surface area contributed by atoms with E-state index in [0.717, 1.165) is 68.6 Å². The van der Waals surface area contributed by atoms with Crippen LogP contribution in [0.3, 0.4) is 0 Å². The zero-order valence-corrected chi connectivity index (χ0v) is 19.8. The molecule has 3 heterocycles. The molecule has 2 aromatic carbocycles. The fourth-order valence-electron chi connectivity index (χ4n) is 6.14. The molecule has 176 valence electrons. The molecule has 0 aliphatic carbocycles. The SMILES string of the molecule is CC[C@H]1CN2CCc3cc(OC)c(O)cc3[C@@H]2C[C@@H]1CC1=NCCc2cc(O)c(OC)cc21. The normalized spacial score (nSPS) is 24.3. The van der Waals surface area contributed by atoms with Crippen LogP contribution < -0.4 is 9.47 Å². The molecule has 0 spiro atoms. The monoisotopic (exact) mass is 450 g/mol. The topological polar surface area (TPSA) is 74.5 Å². The summed E-state index contributed by atoms with van der Waals surface area (Å²) in [6.07, 6.45) is 4.98. The minimum atomic E-state index is 0.200. The van der Waals surface area contributed by atoms with E-state index in [4.69, 9.17) is 14.5 Å². The highest BCUT2D eigenvalue weighted by Gasteiger charge is 2.39. The lowest BCUT2D eigenvalue weighted by atomic mass is 9.73. The van der Waals surface area contributed by atoms with Crippen LogP contribution in [0.15, 0.2) is 29.3 Å². The summed E-state index contributed by atoms with van der Waals surface area (Å²) in [5, 5.41) is 20.7. The summed E-state index contributed by atoms with van der Waals surface area (Å²) < 4.78 is 10.7. The molecule has 33 heavy (non-hydrogen) atoms. The number of methoxy groups -OCH3 is 2. The van der Waals surface area contributed by atoms with Crippen molar-refractivity contribution in [2.75, 3.05) is 33.9 Å². The molecule has 5 rings (SSSR count). The molecule has 0 unspecified atom stereocenters. The van der Waals surface area contributed by atoms with Gasteiger partial charge in [-0.15, -0.1) is 0 Å². The highest BCUT2D eigenvalue weighted by Crippen LogP contribution is 2.46. The van der Waals surface area contributed by atoms with Crippen molar-refractivity contribution in [3.63, 3.8) is 0 Å². The van der Waals surface area contributed by atoms with Gasteiger partial charge in [0, 0.05) is 37.0 Å². The molecule has 3 aliphatic heterocycles. The molecule has 1 saturated heterocycles. The van der Waals surface area contributed by atoms with E-state index in [2.05, 4.69) is 11.8 Å². The van der Waals surface area contributed by atoms with Gasteiger partial charge in [0.1, 0.15) is 0 Å². The second-order valence-corrected chi connectivity index (χ2v) is 9.61. The molecule has 0 amide bonds. The van der Waals surface area contributed by atoms with Crippen molar-refractivity contribution in [1.29, 1.82) is 0 Å². The van der Waals surface area contributed by atoms with Crippen molar-refractivity contribution >= 4 is 5.71 Å². The Labute approximate surface area is 195 Å². The lowest BCUT2D eigenvalue weighted by Crippen LogP contribution is -2.46. The standard InChI is InChI=1S/C27H34N2O4/c1-4-16-15-29-8-6-18-12-26(32-2)25(31)13-21(18)23(29)10-19(16)9-22-20-14-27(33-3)24(30)11-17(20)5-7-28-22/h11-14,16,19,23,30-31H,4-10,15H2,1-3H3/t16-,19-,23-/m0/s1. The minimum absolute atomic E-state index is 0.200. The molecule has 2 aromatic rings. The van der Waals surface area contributed by atoms with Crippen molar-refractivity contribution < 1.29 is 19.7 Å². The first-order valence-corrected chi connectivity index (χ1v) is 12.1. The van der Waals surface area contributed by atoms with Crippen molar-refractivity contribution in [3.8, 4) is 23.0 Å². The Morgan fingerprint density at radius 2 is 1.73 bits per heavy atom. The molecule has 0 saturated carbocycles. The lowest BCUT2D eigenvalue weighted by molar-refractivity contribution is 0.0546. The highest BCUT2D eigenvalue weighted by atomic mass is 16.5. The molecule has 0 bridgehead atoms. The van der Waals surface area contributed by atoms with Gasteiger partial charge in [0.05, 0.1) is 14.2 Å². The maximum Gasteiger partial charge on any atom is 0.161 e. The number of hydrogen-bond donors (Lipinski definition) is 2. The number of rotatable bonds is 5. The molecule has 0 radical (unpaired) electrons. The maximum atomic E-state index is 10.5. The van der Waals surface area contributed by atoms with Gasteiger partial charge in [-0.25, -0.2) is 0 Å². The zero-order chi connectivity index (χ0) is 23.1. The van der Waals surface area contributed by atoms with E-state index in [1.165, 1.54) is 11.1 Å². The van der Waals surface area contributed by atoms with Crippen LogP contribution in [0.4, 0.5) is 0 Å². The Balaban J connectivity index is 1.44. The minimum Gasteiger partial charge on any atom is -0.504 e. The van der Waals surface area contributed by atoms with Crippen LogP contribution in [0.2, 0.25) is 0 Å². The van der Waals surface area contributed by atoms with Gasteiger partial charge in [-0.2, -0.15) is 0 Å². The van der Waals surface area contributed by atoms with Crippen molar-refractivity contribution in [1.82, 2.24) is 4.90 Å². The quantitative estimate of drug-likeness (QED) is 0.702. The van der Waals surface area contributed by atoms with Crippen LogP contribution in [-0.2, 0) is 12.8 Å². The first-order chi connectivity index (χ1) is 16.0. The first-order valence-electron chi connectivity index (χ1n) is 12.1. The van der Waals surface area contributed by atoms with Crippen LogP contribution in [0, 0.1) is 11.8 Å². The number of nitrogens with zero attached hydrogens (tertiary/aromatic N) is 2. The van der Waals surface area contributed by atoms with Gasteiger partial charge in [0.25, 0.3) is 0 Å². The van der Waals surface area contributed by atoms with Crippen LogP contribution in [0.5, 0.6) is 23.0 Å². The number of benzene rings is 2. The predicted octanol–water partition coefficient (Wildman–Crippen LogP) is 4.50. The second kappa shape index (κ2) is 8.90. The summed E-state index contributed by atoms with van der Waals surface area (Å²) in [6.45, 7) is 5.19. The van der Waals surface area contributed by atoms with Gasteiger partial charge in [0.15, 0.2) is 23.0 Å². The Bertz CT molecular complexity index is 1080. The van der Waals surface area contributed by atoms with Crippen LogP contribution in [0.25, 0.3) is 0 Å². The number of aromatic hydroxyl groups is 2. The molecule has 0 aromatic heterocycles. The summed E-state index contributed by atoms with van der Waals surface area (Å²) in [4.78, 5) is 7.54. The van der Waals surface area contributed by atoms with Gasteiger partial charge in [-0.1, -0.05) is 13.3 Å². The molecular formula is C27H34N2O4. The average Bonchev–Trinajstić information content (AvgIpc) is 2.83. The summed E-state index contributed by atoms with van der Waals surface area (Å²) in [5.41, 5.74) is 5.96. The first kappa shape index (κ1) is 22.1. The number of aliphatic imine (C=N–C) groups is 1.